The molecule has 0 fully saturated rings. The van der Waals surface area contributed by atoms with Crippen LogP contribution < -0.4 is 5.32 Å². The van der Waals surface area contributed by atoms with Crippen molar-refractivity contribution in [1.29, 1.82) is 0 Å². The quantitative estimate of drug-likeness (QED) is 0.644. The molecule has 6 nitrogen and oxygen atoms in total. The minimum absolute atomic E-state index is 0.0437. The maximum atomic E-state index is 12.3. The van der Waals surface area contributed by atoms with Crippen molar-refractivity contribution in [2.45, 2.75) is 54.7 Å². The Balaban J connectivity index is 2.93. The summed E-state index contributed by atoms with van der Waals surface area (Å²) in [6.45, 7) is 5.08. The second-order valence-electron chi connectivity index (χ2n) is 5.33. The van der Waals surface area contributed by atoms with Crippen molar-refractivity contribution in [3.05, 3.63) is 24.3 Å². The molecular formula is C16H23NO5S2. The molecular weight excluding hydrogens is 350 g/mol. The first-order valence-corrected chi connectivity index (χ1v) is 10.3. The Kier molecular flexibility index (Phi) is 7.75. The van der Waals surface area contributed by atoms with Crippen molar-refractivity contribution < 1.29 is 23.1 Å². The zero-order valence-electron chi connectivity index (χ0n) is 14.0. The van der Waals surface area contributed by atoms with Crippen LogP contribution in [0.1, 0.15) is 33.6 Å². The first kappa shape index (κ1) is 20.5. The van der Waals surface area contributed by atoms with Gasteiger partial charge in [-0.05, 0) is 31.9 Å². The lowest BCUT2D eigenvalue weighted by Gasteiger charge is -2.17. The number of nitrogens with one attached hydrogen (secondary N) is 1. The van der Waals surface area contributed by atoms with E-state index in [0.717, 1.165) is 11.8 Å². The number of sulfone groups is 1. The average Bonchev–Trinajstić information content (AvgIpc) is 2.52. The summed E-state index contributed by atoms with van der Waals surface area (Å²) in [6, 6.07) is 5.61. The van der Waals surface area contributed by atoms with Gasteiger partial charge in [0, 0.05) is 4.90 Å². The Morgan fingerprint density at radius 3 is 2.42 bits per heavy atom. The van der Waals surface area contributed by atoms with Gasteiger partial charge in [-0.1, -0.05) is 26.0 Å². The second-order valence-corrected chi connectivity index (χ2v) is 8.79. The summed E-state index contributed by atoms with van der Waals surface area (Å²) in [5, 5.41) is 10.8. The first-order valence-electron chi connectivity index (χ1n) is 7.74. The molecule has 0 radical (unpaired) electrons. The van der Waals surface area contributed by atoms with Crippen LogP contribution in [0.3, 0.4) is 0 Å². The van der Waals surface area contributed by atoms with Crippen LogP contribution in [0.4, 0.5) is 0 Å². The second kappa shape index (κ2) is 9.08. The van der Waals surface area contributed by atoms with Crippen LogP contribution in [-0.2, 0) is 19.4 Å². The standard InChI is InChI=1S/C16H23NO5S2/c1-4-10-24(21,22)14-9-7-6-8-13(14)23-11(3)15(18)17-12(5-2)16(19)20/h6-9,11-12H,4-5,10H2,1-3H3,(H,17,18)(H,19,20). The van der Waals surface area contributed by atoms with Crippen LogP contribution in [-0.4, -0.2) is 42.4 Å². The molecule has 0 aliphatic carbocycles. The minimum Gasteiger partial charge on any atom is -0.480 e. The van der Waals surface area contributed by atoms with Gasteiger partial charge in [0.1, 0.15) is 6.04 Å². The zero-order valence-corrected chi connectivity index (χ0v) is 15.6. The number of rotatable bonds is 9. The van der Waals surface area contributed by atoms with E-state index in [1.807, 2.05) is 0 Å². The molecule has 2 unspecified atom stereocenters. The Labute approximate surface area is 146 Å². The first-order chi connectivity index (χ1) is 11.2. The van der Waals surface area contributed by atoms with Crippen molar-refractivity contribution in [1.82, 2.24) is 5.32 Å². The number of thioether (sulfide) groups is 1. The molecule has 0 heterocycles. The highest BCUT2D eigenvalue weighted by molar-refractivity contribution is 8.01. The summed E-state index contributed by atoms with van der Waals surface area (Å²) in [4.78, 5) is 23.9. The molecule has 2 atom stereocenters. The summed E-state index contributed by atoms with van der Waals surface area (Å²) < 4.78 is 24.7. The Morgan fingerprint density at radius 2 is 1.88 bits per heavy atom. The highest BCUT2D eigenvalue weighted by atomic mass is 32.2. The zero-order chi connectivity index (χ0) is 18.3. The third kappa shape index (κ3) is 5.52. The van der Waals surface area contributed by atoms with E-state index in [0.29, 0.717) is 11.3 Å². The number of aliphatic carboxylic acids is 1. The fraction of sp³-hybridized carbons (Fsp3) is 0.500. The third-order valence-electron chi connectivity index (χ3n) is 3.35. The van der Waals surface area contributed by atoms with Crippen molar-refractivity contribution in [2.24, 2.45) is 0 Å². The van der Waals surface area contributed by atoms with Crippen molar-refractivity contribution >= 4 is 33.5 Å². The van der Waals surface area contributed by atoms with Gasteiger partial charge in [0.25, 0.3) is 0 Å². The number of carbonyl (C=O) groups excluding carboxylic acids is 1. The average molecular weight is 373 g/mol. The molecule has 0 aromatic heterocycles. The number of carboxylic acids is 1. The number of benzene rings is 1. The predicted molar refractivity (Wildman–Crippen MR) is 94.0 cm³/mol. The van der Waals surface area contributed by atoms with E-state index in [1.165, 1.54) is 6.07 Å². The maximum Gasteiger partial charge on any atom is 0.326 e. The molecule has 0 saturated carbocycles. The number of hydrogen-bond acceptors (Lipinski definition) is 5. The summed E-state index contributed by atoms with van der Waals surface area (Å²) in [5.41, 5.74) is 0. The molecule has 134 valence electrons. The van der Waals surface area contributed by atoms with E-state index in [-0.39, 0.29) is 17.1 Å². The molecule has 0 aliphatic heterocycles. The van der Waals surface area contributed by atoms with E-state index in [2.05, 4.69) is 5.32 Å². The van der Waals surface area contributed by atoms with Gasteiger partial charge < -0.3 is 10.4 Å². The van der Waals surface area contributed by atoms with E-state index in [1.54, 1.807) is 39.0 Å². The molecule has 0 spiro atoms. The largest absolute Gasteiger partial charge is 0.480 e. The highest BCUT2D eigenvalue weighted by Crippen LogP contribution is 2.30. The molecule has 1 aromatic rings. The third-order valence-corrected chi connectivity index (χ3v) is 6.63. The summed E-state index contributed by atoms with van der Waals surface area (Å²) in [6.07, 6.45) is 0.786. The van der Waals surface area contributed by atoms with Crippen molar-refractivity contribution in [3.63, 3.8) is 0 Å². The molecule has 0 bridgehead atoms. The van der Waals surface area contributed by atoms with Gasteiger partial charge in [-0.25, -0.2) is 13.2 Å². The van der Waals surface area contributed by atoms with Gasteiger partial charge in [0.2, 0.25) is 5.91 Å². The molecule has 0 aliphatic rings. The maximum absolute atomic E-state index is 12.3. The summed E-state index contributed by atoms with van der Waals surface area (Å²) >= 11 is 1.11. The molecule has 1 rings (SSSR count). The Hall–Kier alpha value is -1.54. The van der Waals surface area contributed by atoms with Gasteiger partial charge in [0.15, 0.2) is 9.84 Å². The topological polar surface area (TPSA) is 101 Å². The summed E-state index contributed by atoms with van der Waals surface area (Å²) in [5.74, 6) is -1.48. The Morgan fingerprint density at radius 1 is 1.25 bits per heavy atom. The lowest BCUT2D eigenvalue weighted by molar-refractivity contribution is -0.141. The molecule has 24 heavy (non-hydrogen) atoms. The Bertz CT molecular complexity index is 687. The van der Waals surface area contributed by atoms with Gasteiger partial charge in [-0.15, -0.1) is 11.8 Å². The van der Waals surface area contributed by atoms with Gasteiger partial charge in [-0.2, -0.15) is 0 Å². The smallest absolute Gasteiger partial charge is 0.326 e. The van der Waals surface area contributed by atoms with E-state index in [4.69, 9.17) is 5.11 Å². The fourth-order valence-electron chi connectivity index (χ4n) is 2.05. The fourth-order valence-corrected chi connectivity index (χ4v) is 4.90. The van der Waals surface area contributed by atoms with Gasteiger partial charge in [0.05, 0.1) is 15.9 Å². The lowest BCUT2D eigenvalue weighted by Crippen LogP contribution is -2.43. The van der Waals surface area contributed by atoms with Crippen LogP contribution in [0, 0.1) is 0 Å². The number of carboxylic acid groups (broad SMARTS) is 1. The normalized spacial score (nSPS) is 14.0. The van der Waals surface area contributed by atoms with Crippen molar-refractivity contribution in [2.75, 3.05) is 5.75 Å². The predicted octanol–water partition coefficient (Wildman–Crippen LogP) is 2.33. The van der Waals surface area contributed by atoms with Crippen LogP contribution in [0.15, 0.2) is 34.1 Å². The molecule has 1 amide bonds. The SMILES string of the molecule is CCCS(=O)(=O)c1ccccc1SC(C)C(=O)NC(CC)C(=O)O. The molecule has 8 heteroatoms. The van der Waals surface area contributed by atoms with E-state index < -0.39 is 33.0 Å². The number of amides is 1. The monoisotopic (exact) mass is 373 g/mol. The molecule has 2 N–H and O–H groups in total. The molecule has 0 saturated heterocycles. The highest BCUT2D eigenvalue weighted by Gasteiger charge is 2.24. The van der Waals surface area contributed by atoms with E-state index >= 15 is 0 Å². The summed E-state index contributed by atoms with van der Waals surface area (Å²) in [7, 11) is -3.40. The van der Waals surface area contributed by atoms with Crippen LogP contribution in [0.2, 0.25) is 0 Å². The number of hydrogen-bond donors (Lipinski definition) is 2. The minimum atomic E-state index is -3.40. The van der Waals surface area contributed by atoms with Crippen molar-refractivity contribution in [3.8, 4) is 0 Å². The van der Waals surface area contributed by atoms with Gasteiger partial charge >= 0.3 is 5.97 Å². The lowest BCUT2D eigenvalue weighted by atomic mass is 10.2. The van der Waals surface area contributed by atoms with Crippen LogP contribution in [0.25, 0.3) is 0 Å². The van der Waals surface area contributed by atoms with Crippen LogP contribution in [0.5, 0.6) is 0 Å². The van der Waals surface area contributed by atoms with Crippen LogP contribution >= 0.6 is 11.8 Å². The number of carbonyl (C=O) groups is 2. The van der Waals surface area contributed by atoms with Gasteiger partial charge in [-0.3, -0.25) is 4.79 Å². The van der Waals surface area contributed by atoms with E-state index in [9.17, 15) is 18.0 Å². The molecule has 1 aromatic carbocycles.